The topological polar surface area (TPSA) is 46.4 Å². The van der Waals surface area contributed by atoms with E-state index < -0.39 is 11.0 Å². The summed E-state index contributed by atoms with van der Waals surface area (Å²) in [4.78, 5) is 11.2. The number of hydrogen-bond acceptors (Lipinski definition) is 3. The number of hydrogen-bond donors (Lipinski definition) is 0. The summed E-state index contributed by atoms with van der Waals surface area (Å²) >= 11 is 0. The molecule has 0 bridgehead atoms. The third-order valence-electron chi connectivity index (χ3n) is 2.20. The molecule has 5 heteroatoms. The molecule has 0 aromatic carbocycles. The van der Waals surface area contributed by atoms with Gasteiger partial charge in [-0.15, -0.1) is 0 Å². The van der Waals surface area contributed by atoms with Crippen LogP contribution < -0.4 is 0 Å². The molecule has 14 heavy (non-hydrogen) atoms. The highest BCUT2D eigenvalue weighted by Gasteiger charge is 2.55. The number of carbonyl (C=O) groups is 1. The molecule has 0 radical (unpaired) electrons. The minimum atomic E-state index is -1.13. The van der Waals surface area contributed by atoms with Crippen LogP contribution in [0.4, 0.5) is 0 Å². The van der Waals surface area contributed by atoms with Gasteiger partial charge in [0.1, 0.15) is 17.0 Å². The average molecular weight is 219 g/mol. The molecule has 1 aliphatic heterocycles. The first-order valence-electron chi connectivity index (χ1n) is 4.59. The largest absolute Gasteiger partial charge is 0.468 e. The second-order valence-corrected chi connectivity index (χ2v) is 6.57. The van der Waals surface area contributed by atoms with E-state index in [2.05, 4.69) is 4.74 Å². The van der Waals surface area contributed by atoms with Gasteiger partial charge in [-0.3, -0.25) is 4.79 Å². The molecule has 0 N–H and O–H groups in total. The Hall–Kier alpha value is -0.420. The molecule has 0 aromatic heterocycles. The van der Waals surface area contributed by atoms with Crippen LogP contribution in [0.1, 0.15) is 27.7 Å². The molecule has 4 unspecified atom stereocenters. The Morgan fingerprint density at radius 1 is 1.43 bits per heavy atom. The molecule has 1 fully saturated rings. The summed E-state index contributed by atoms with van der Waals surface area (Å²) in [5, 5.41) is 0. The lowest BCUT2D eigenvalue weighted by molar-refractivity contribution is -0.140. The number of methoxy groups -OCH3 is 1. The van der Waals surface area contributed by atoms with E-state index in [4.69, 9.17) is 0 Å². The molecule has 1 aliphatic rings. The first-order valence-corrected chi connectivity index (χ1v) is 5.69. The maximum absolute atomic E-state index is 11.9. The Kier molecular flexibility index (Phi) is 3.02. The Bertz CT molecular complexity index is 272. The van der Waals surface area contributed by atoms with Crippen LogP contribution >= 0.6 is 0 Å². The molecule has 0 aliphatic carbocycles. The quantitative estimate of drug-likeness (QED) is 0.507. The Balaban J connectivity index is 2.67. The van der Waals surface area contributed by atoms with Crippen molar-refractivity contribution in [2.75, 3.05) is 7.11 Å². The molecule has 4 nitrogen and oxygen atoms in total. The van der Waals surface area contributed by atoms with Crippen molar-refractivity contribution in [2.45, 2.75) is 44.5 Å². The van der Waals surface area contributed by atoms with Crippen molar-refractivity contribution in [2.24, 2.45) is 0 Å². The molecular formula is C9H17NO3S. The molecule has 1 rings (SSSR count). The first-order chi connectivity index (χ1) is 6.30. The van der Waals surface area contributed by atoms with Gasteiger partial charge in [0.2, 0.25) is 0 Å². The van der Waals surface area contributed by atoms with Gasteiger partial charge in [-0.25, -0.2) is 8.51 Å². The Labute approximate surface area is 87.2 Å². The van der Waals surface area contributed by atoms with Gasteiger partial charge in [0.05, 0.1) is 11.9 Å². The van der Waals surface area contributed by atoms with Crippen molar-refractivity contribution in [3.8, 4) is 0 Å². The summed E-state index contributed by atoms with van der Waals surface area (Å²) < 4.78 is 17.9. The number of esters is 1. The summed E-state index contributed by atoms with van der Waals surface area (Å²) in [5.41, 5.74) is 0. The van der Waals surface area contributed by atoms with E-state index >= 15 is 0 Å². The molecular weight excluding hydrogens is 202 g/mol. The van der Waals surface area contributed by atoms with E-state index in [0.29, 0.717) is 0 Å². The van der Waals surface area contributed by atoms with Crippen LogP contribution in [0.2, 0.25) is 0 Å². The van der Waals surface area contributed by atoms with Gasteiger partial charge >= 0.3 is 5.97 Å². The van der Waals surface area contributed by atoms with Crippen molar-refractivity contribution in [1.29, 1.82) is 0 Å². The van der Waals surface area contributed by atoms with Crippen LogP contribution in [0.25, 0.3) is 0 Å². The minimum absolute atomic E-state index is 0.0301. The maximum atomic E-state index is 11.9. The molecule has 4 atom stereocenters. The lowest BCUT2D eigenvalue weighted by Crippen LogP contribution is -2.29. The lowest BCUT2D eigenvalue weighted by Gasteiger charge is -2.18. The third-order valence-corrected chi connectivity index (χ3v) is 4.19. The van der Waals surface area contributed by atoms with Crippen molar-refractivity contribution in [3.05, 3.63) is 0 Å². The summed E-state index contributed by atoms with van der Waals surface area (Å²) in [6.45, 7) is 7.55. The van der Waals surface area contributed by atoms with Gasteiger partial charge in [-0.05, 0) is 27.7 Å². The van der Waals surface area contributed by atoms with E-state index in [-0.39, 0.29) is 22.8 Å². The standard InChI is InChI=1S/C9H17NO3S/c1-6-7(8(11)13-5)10(6)14(12)9(2,3)4/h6-7H,1-5H3. The first kappa shape index (κ1) is 11.7. The summed E-state index contributed by atoms with van der Waals surface area (Å²) in [6, 6.07) is -0.289. The van der Waals surface area contributed by atoms with E-state index in [1.807, 2.05) is 27.7 Å². The highest BCUT2D eigenvalue weighted by atomic mass is 32.2. The second kappa shape index (κ2) is 3.62. The SMILES string of the molecule is COC(=O)C1C(C)N1S(=O)C(C)(C)C. The summed E-state index contributed by atoms with van der Waals surface area (Å²) in [5.74, 6) is -0.296. The van der Waals surface area contributed by atoms with Crippen molar-refractivity contribution in [1.82, 2.24) is 4.31 Å². The van der Waals surface area contributed by atoms with E-state index in [1.54, 1.807) is 4.31 Å². The highest BCUT2D eigenvalue weighted by Crippen LogP contribution is 2.35. The molecule has 0 saturated carbocycles. The Morgan fingerprint density at radius 3 is 2.29 bits per heavy atom. The maximum Gasteiger partial charge on any atom is 0.325 e. The predicted octanol–water partition coefficient (Wildman–Crippen LogP) is 0.694. The van der Waals surface area contributed by atoms with Crippen LogP contribution in [0.5, 0.6) is 0 Å². The van der Waals surface area contributed by atoms with Crippen LogP contribution in [-0.2, 0) is 20.5 Å². The number of ether oxygens (including phenoxy) is 1. The van der Waals surface area contributed by atoms with Crippen molar-refractivity contribution in [3.63, 3.8) is 0 Å². The highest BCUT2D eigenvalue weighted by molar-refractivity contribution is 7.84. The number of rotatable bonds is 2. The zero-order chi connectivity index (χ0) is 11.1. The van der Waals surface area contributed by atoms with Gasteiger partial charge in [-0.2, -0.15) is 0 Å². The van der Waals surface area contributed by atoms with Gasteiger partial charge in [0.15, 0.2) is 0 Å². The molecule has 0 spiro atoms. The Morgan fingerprint density at radius 2 is 1.93 bits per heavy atom. The minimum Gasteiger partial charge on any atom is -0.468 e. The fourth-order valence-electron chi connectivity index (χ4n) is 1.31. The predicted molar refractivity (Wildman–Crippen MR) is 55.0 cm³/mol. The smallest absolute Gasteiger partial charge is 0.325 e. The van der Waals surface area contributed by atoms with Crippen LogP contribution in [0, 0.1) is 0 Å². The summed E-state index contributed by atoms with van der Waals surface area (Å²) in [6.07, 6.45) is 0. The molecule has 0 amide bonds. The molecule has 82 valence electrons. The normalized spacial score (nSPS) is 33.6. The fourth-order valence-corrected chi connectivity index (χ4v) is 2.78. The average Bonchev–Trinajstić information content (AvgIpc) is 2.73. The van der Waals surface area contributed by atoms with Crippen molar-refractivity contribution < 1.29 is 13.7 Å². The van der Waals surface area contributed by atoms with Crippen LogP contribution in [0.15, 0.2) is 0 Å². The van der Waals surface area contributed by atoms with Crippen LogP contribution in [0.3, 0.4) is 0 Å². The molecule has 1 heterocycles. The zero-order valence-electron chi connectivity index (χ0n) is 9.23. The zero-order valence-corrected chi connectivity index (χ0v) is 10.1. The van der Waals surface area contributed by atoms with Gasteiger partial charge in [0, 0.05) is 6.04 Å². The van der Waals surface area contributed by atoms with Gasteiger partial charge < -0.3 is 4.74 Å². The second-order valence-electron chi connectivity index (χ2n) is 4.43. The molecule has 1 saturated heterocycles. The monoisotopic (exact) mass is 219 g/mol. The van der Waals surface area contributed by atoms with Gasteiger partial charge in [0.25, 0.3) is 0 Å². The van der Waals surface area contributed by atoms with Gasteiger partial charge in [-0.1, -0.05) is 0 Å². The molecule has 0 aromatic rings. The van der Waals surface area contributed by atoms with E-state index in [9.17, 15) is 9.00 Å². The van der Waals surface area contributed by atoms with Crippen LogP contribution in [-0.4, -0.2) is 38.4 Å². The number of carbonyl (C=O) groups excluding carboxylic acids is 1. The number of nitrogens with zero attached hydrogens (tertiary/aromatic N) is 1. The van der Waals surface area contributed by atoms with E-state index in [1.165, 1.54) is 7.11 Å². The lowest BCUT2D eigenvalue weighted by atomic mass is 10.3. The van der Waals surface area contributed by atoms with E-state index in [0.717, 1.165) is 0 Å². The fraction of sp³-hybridized carbons (Fsp3) is 0.889. The third kappa shape index (κ3) is 1.98. The summed E-state index contributed by atoms with van der Waals surface area (Å²) in [7, 11) is 0.225. The van der Waals surface area contributed by atoms with Crippen molar-refractivity contribution >= 4 is 17.0 Å².